The number of nitrogens with zero attached hydrogens (tertiary/aromatic N) is 2. The van der Waals surface area contributed by atoms with Crippen LogP contribution in [0, 0.1) is 6.92 Å². The van der Waals surface area contributed by atoms with Crippen molar-refractivity contribution in [3.63, 3.8) is 0 Å². The van der Waals surface area contributed by atoms with Crippen molar-refractivity contribution in [3.05, 3.63) is 57.8 Å². The molecule has 1 N–H and O–H groups in total. The molecule has 21 heavy (non-hydrogen) atoms. The Morgan fingerprint density at radius 2 is 1.90 bits per heavy atom. The van der Waals surface area contributed by atoms with Crippen molar-refractivity contribution >= 4 is 17.6 Å². The number of hydrogen-bond acceptors (Lipinski definition) is 3. The zero-order valence-corrected chi connectivity index (χ0v) is 13.3. The third kappa shape index (κ3) is 4.16. The van der Waals surface area contributed by atoms with Gasteiger partial charge in [0.2, 0.25) is 0 Å². The van der Waals surface area contributed by atoms with Gasteiger partial charge >= 0.3 is 0 Å². The zero-order chi connectivity index (χ0) is 14.5. The molecular formula is C17H22N3S+. The fourth-order valence-corrected chi connectivity index (χ4v) is 3.39. The number of thiophene rings is 1. The van der Waals surface area contributed by atoms with Crippen molar-refractivity contribution < 1.29 is 4.90 Å². The molecule has 0 radical (unpaired) electrons. The summed E-state index contributed by atoms with van der Waals surface area (Å²) in [5.41, 5.74) is 1.43. The lowest BCUT2D eigenvalue weighted by Crippen LogP contribution is -3.13. The Hall–Kier alpha value is -1.65. The highest BCUT2D eigenvalue weighted by molar-refractivity contribution is 7.13. The Kier molecular flexibility index (Phi) is 4.68. The Balaban J connectivity index is 1.48. The smallest absolute Gasteiger partial charge is 0.103 e. The number of piperazine rings is 1. The van der Waals surface area contributed by atoms with Gasteiger partial charge in [-0.25, -0.2) is 0 Å². The Labute approximate surface area is 130 Å². The van der Waals surface area contributed by atoms with E-state index in [-0.39, 0.29) is 0 Å². The van der Waals surface area contributed by atoms with E-state index in [1.165, 1.54) is 15.3 Å². The zero-order valence-electron chi connectivity index (χ0n) is 12.5. The number of nitrogens with one attached hydrogen (secondary N) is 1. The molecule has 3 nitrogen and oxygen atoms in total. The van der Waals surface area contributed by atoms with Gasteiger partial charge in [0, 0.05) is 15.3 Å². The van der Waals surface area contributed by atoms with Crippen LogP contribution in [-0.4, -0.2) is 37.4 Å². The molecule has 3 rings (SSSR count). The maximum Gasteiger partial charge on any atom is 0.103 e. The molecule has 0 amide bonds. The third-order valence-corrected chi connectivity index (χ3v) is 4.79. The molecule has 2 heterocycles. The Bertz CT molecular complexity index is 583. The van der Waals surface area contributed by atoms with Gasteiger partial charge in [-0.15, -0.1) is 11.3 Å². The van der Waals surface area contributed by atoms with Crippen LogP contribution < -0.4 is 4.90 Å². The van der Waals surface area contributed by atoms with E-state index in [2.05, 4.69) is 59.5 Å². The number of aryl methyl sites for hydroxylation is 1. The van der Waals surface area contributed by atoms with Crippen LogP contribution in [0.3, 0.4) is 0 Å². The topological polar surface area (TPSA) is 20.0 Å². The number of rotatable bonds is 4. The highest BCUT2D eigenvalue weighted by atomic mass is 32.1. The predicted molar refractivity (Wildman–Crippen MR) is 89.1 cm³/mol. The van der Waals surface area contributed by atoms with Crippen molar-refractivity contribution in [3.8, 4) is 0 Å². The first-order valence-corrected chi connectivity index (χ1v) is 8.34. The molecule has 0 saturated carbocycles. The number of hydrogen-bond donors (Lipinski definition) is 1. The second-order valence-electron chi connectivity index (χ2n) is 5.56. The third-order valence-electron chi connectivity index (χ3n) is 3.85. The predicted octanol–water partition coefficient (Wildman–Crippen LogP) is 1.79. The molecule has 0 bridgehead atoms. The minimum absolute atomic E-state index is 1.04. The molecule has 0 spiro atoms. The van der Waals surface area contributed by atoms with E-state index in [0.717, 1.165) is 32.7 Å². The average Bonchev–Trinajstić information content (AvgIpc) is 2.93. The van der Waals surface area contributed by atoms with Gasteiger partial charge < -0.3 is 4.90 Å². The van der Waals surface area contributed by atoms with Gasteiger partial charge in [-0.2, -0.15) is 5.10 Å². The van der Waals surface area contributed by atoms with Crippen LogP contribution in [0.4, 0.5) is 0 Å². The lowest BCUT2D eigenvalue weighted by atomic mass is 10.2. The van der Waals surface area contributed by atoms with Crippen LogP contribution in [0.25, 0.3) is 0 Å². The second-order valence-corrected chi connectivity index (χ2v) is 6.88. The van der Waals surface area contributed by atoms with Crippen LogP contribution in [0.2, 0.25) is 0 Å². The largest absolute Gasteiger partial charge is 0.328 e. The van der Waals surface area contributed by atoms with Gasteiger partial charge in [0.25, 0.3) is 0 Å². The molecule has 110 valence electrons. The molecule has 4 heteroatoms. The number of hydrazone groups is 1. The molecule has 2 aromatic rings. The summed E-state index contributed by atoms with van der Waals surface area (Å²) in [6.45, 7) is 7.67. The standard InChI is InChI=1S/C17H21N3S/c1-15-7-8-17(21-15)13-18-20-11-9-19(10-12-20)14-16-5-3-2-4-6-16/h2-8,13H,9-12,14H2,1H3/p+1/b18-13-. The van der Waals surface area contributed by atoms with E-state index >= 15 is 0 Å². The molecule has 1 saturated heterocycles. The normalized spacial score (nSPS) is 16.7. The quantitative estimate of drug-likeness (QED) is 0.854. The van der Waals surface area contributed by atoms with Crippen molar-refractivity contribution in [1.82, 2.24) is 5.01 Å². The first kappa shape index (κ1) is 14.3. The van der Waals surface area contributed by atoms with Gasteiger partial charge in [0.05, 0.1) is 32.4 Å². The summed E-state index contributed by atoms with van der Waals surface area (Å²) >= 11 is 1.80. The van der Waals surface area contributed by atoms with E-state index < -0.39 is 0 Å². The first-order chi connectivity index (χ1) is 10.3. The molecule has 1 aromatic carbocycles. The van der Waals surface area contributed by atoms with E-state index in [0.29, 0.717) is 0 Å². The summed E-state index contributed by atoms with van der Waals surface area (Å²) in [6.07, 6.45) is 2.00. The summed E-state index contributed by atoms with van der Waals surface area (Å²) in [5.74, 6) is 0. The number of quaternary nitrogens is 1. The minimum atomic E-state index is 1.04. The van der Waals surface area contributed by atoms with Crippen LogP contribution in [0.5, 0.6) is 0 Å². The molecule has 0 atom stereocenters. The second kappa shape index (κ2) is 6.87. The lowest BCUT2D eigenvalue weighted by Gasteiger charge is -2.30. The highest BCUT2D eigenvalue weighted by Crippen LogP contribution is 2.12. The van der Waals surface area contributed by atoms with Crippen LogP contribution >= 0.6 is 11.3 Å². The van der Waals surface area contributed by atoms with E-state index in [9.17, 15) is 0 Å². The maximum atomic E-state index is 4.61. The summed E-state index contributed by atoms with van der Waals surface area (Å²) in [4.78, 5) is 4.24. The monoisotopic (exact) mass is 300 g/mol. The van der Waals surface area contributed by atoms with E-state index in [1.807, 2.05) is 6.21 Å². The highest BCUT2D eigenvalue weighted by Gasteiger charge is 2.18. The summed E-state index contributed by atoms with van der Waals surface area (Å²) in [6, 6.07) is 15.1. The summed E-state index contributed by atoms with van der Waals surface area (Å²) in [7, 11) is 0. The van der Waals surface area contributed by atoms with Gasteiger partial charge in [-0.1, -0.05) is 30.3 Å². The number of benzene rings is 1. The first-order valence-electron chi connectivity index (χ1n) is 7.52. The minimum Gasteiger partial charge on any atom is -0.328 e. The van der Waals surface area contributed by atoms with Crippen LogP contribution in [0.1, 0.15) is 15.3 Å². The van der Waals surface area contributed by atoms with E-state index in [4.69, 9.17) is 0 Å². The van der Waals surface area contributed by atoms with Gasteiger partial charge in [-0.3, -0.25) is 5.01 Å². The van der Waals surface area contributed by atoms with Crippen molar-refractivity contribution in [2.24, 2.45) is 5.10 Å². The van der Waals surface area contributed by atoms with E-state index in [1.54, 1.807) is 16.2 Å². The van der Waals surface area contributed by atoms with Gasteiger partial charge in [-0.05, 0) is 19.1 Å². The maximum absolute atomic E-state index is 4.61. The SMILES string of the molecule is Cc1ccc(/C=N\N2CC[NH+](Cc3ccccc3)CC2)s1. The molecule has 1 aliphatic rings. The fourth-order valence-electron chi connectivity index (χ4n) is 2.65. The van der Waals surface area contributed by atoms with Gasteiger partial charge in [0.15, 0.2) is 0 Å². The fraction of sp³-hybridized carbons (Fsp3) is 0.353. The molecule has 1 aromatic heterocycles. The molecule has 1 aliphatic heterocycles. The molecule has 0 aliphatic carbocycles. The van der Waals surface area contributed by atoms with Crippen molar-refractivity contribution in [1.29, 1.82) is 0 Å². The van der Waals surface area contributed by atoms with Gasteiger partial charge in [0.1, 0.15) is 6.54 Å². The van der Waals surface area contributed by atoms with Crippen molar-refractivity contribution in [2.45, 2.75) is 13.5 Å². The Morgan fingerprint density at radius 1 is 1.14 bits per heavy atom. The summed E-state index contributed by atoms with van der Waals surface area (Å²) < 4.78 is 0. The Morgan fingerprint density at radius 3 is 2.57 bits per heavy atom. The van der Waals surface area contributed by atoms with Crippen LogP contribution in [-0.2, 0) is 6.54 Å². The molecular weight excluding hydrogens is 278 g/mol. The average molecular weight is 300 g/mol. The molecule has 1 fully saturated rings. The molecule has 0 unspecified atom stereocenters. The summed E-state index contributed by atoms with van der Waals surface area (Å²) in [5, 5.41) is 6.81. The lowest BCUT2D eigenvalue weighted by molar-refractivity contribution is -0.918. The van der Waals surface area contributed by atoms with Crippen molar-refractivity contribution in [2.75, 3.05) is 26.2 Å². The van der Waals surface area contributed by atoms with Crippen LogP contribution in [0.15, 0.2) is 47.6 Å².